The van der Waals surface area contributed by atoms with E-state index in [4.69, 9.17) is 9.47 Å². The molecule has 0 unspecified atom stereocenters. The Morgan fingerprint density at radius 3 is 2.10 bits per heavy atom. The summed E-state index contributed by atoms with van der Waals surface area (Å²) < 4.78 is 11.5. The number of aryl methyl sites for hydroxylation is 1. The Bertz CT molecular complexity index is 1230. The number of nitrogens with one attached hydrogen (secondary N) is 1. The normalized spacial score (nSPS) is 14.2. The van der Waals surface area contributed by atoms with E-state index in [1.54, 1.807) is 4.90 Å². The van der Waals surface area contributed by atoms with Crippen LogP contribution in [0.15, 0.2) is 78.9 Å². The van der Waals surface area contributed by atoms with Gasteiger partial charge in [-0.25, -0.2) is 0 Å². The standard InChI is InChI=1S/C35H44N2O4/c1-3-40-32-22-20-28(25-33(32)41-4-2)21-23-34(38)37(26-29-16-10-6-11-17-29)31(24-27-14-8-5-9-15-27)35(39)36-30-18-12-7-13-19-30/h5-6,8-11,14-17,20,22,25,30-31H,3-4,7,12-13,18-19,21,23-24,26H2,1-2H3,(H,36,39)/t31-/m1/s1. The average molecular weight is 557 g/mol. The molecule has 1 aliphatic rings. The first-order valence-electron chi connectivity index (χ1n) is 15.1. The van der Waals surface area contributed by atoms with Gasteiger partial charge in [0, 0.05) is 25.4 Å². The van der Waals surface area contributed by atoms with E-state index in [9.17, 15) is 9.59 Å². The number of carbonyl (C=O) groups is 2. The molecule has 0 saturated heterocycles. The van der Waals surface area contributed by atoms with Crippen LogP contribution in [-0.4, -0.2) is 42.0 Å². The monoisotopic (exact) mass is 556 g/mol. The predicted molar refractivity (Wildman–Crippen MR) is 163 cm³/mol. The highest BCUT2D eigenvalue weighted by Gasteiger charge is 2.31. The van der Waals surface area contributed by atoms with E-state index < -0.39 is 6.04 Å². The number of benzene rings is 3. The molecule has 3 aromatic rings. The number of ether oxygens (including phenoxy) is 2. The van der Waals surface area contributed by atoms with Crippen molar-refractivity contribution in [3.63, 3.8) is 0 Å². The van der Waals surface area contributed by atoms with Crippen LogP contribution in [-0.2, 0) is 29.0 Å². The third kappa shape index (κ3) is 9.10. The van der Waals surface area contributed by atoms with Crippen molar-refractivity contribution in [3.8, 4) is 11.5 Å². The van der Waals surface area contributed by atoms with Crippen LogP contribution in [0.25, 0.3) is 0 Å². The third-order valence-corrected chi connectivity index (χ3v) is 7.65. The minimum absolute atomic E-state index is 0.0413. The van der Waals surface area contributed by atoms with Crippen molar-refractivity contribution < 1.29 is 19.1 Å². The van der Waals surface area contributed by atoms with Crippen LogP contribution in [0.4, 0.5) is 0 Å². The van der Waals surface area contributed by atoms with Crippen LogP contribution in [0.2, 0.25) is 0 Å². The van der Waals surface area contributed by atoms with E-state index in [0.717, 1.165) is 42.4 Å². The molecule has 1 fully saturated rings. The summed E-state index contributed by atoms with van der Waals surface area (Å²) in [6.45, 7) is 5.35. The lowest BCUT2D eigenvalue weighted by Gasteiger charge is -2.33. The highest BCUT2D eigenvalue weighted by Crippen LogP contribution is 2.29. The highest BCUT2D eigenvalue weighted by molar-refractivity contribution is 5.88. The van der Waals surface area contributed by atoms with Gasteiger partial charge in [0.1, 0.15) is 6.04 Å². The average Bonchev–Trinajstić information content (AvgIpc) is 3.00. The molecule has 0 aromatic heterocycles. The van der Waals surface area contributed by atoms with E-state index >= 15 is 0 Å². The lowest BCUT2D eigenvalue weighted by atomic mass is 9.94. The van der Waals surface area contributed by atoms with Gasteiger partial charge in [0.2, 0.25) is 11.8 Å². The Balaban J connectivity index is 1.58. The fraction of sp³-hybridized carbons (Fsp3) is 0.429. The summed E-state index contributed by atoms with van der Waals surface area (Å²) in [6, 6.07) is 25.4. The summed E-state index contributed by atoms with van der Waals surface area (Å²) in [7, 11) is 0. The van der Waals surface area contributed by atoms with Crippen molar-refractivity contribution >= 4 is 11.8 Å². The minimum Gasteiger partial charge on any atom is -0.490 e. The summed E-state index contributed by atoms with van der Waals surface area (Å²) in [6.07, 6.45) is 6.77. The van der Waals surface area contributed by atoms with Crippen molar-refractivity contribution in [1.29, 1.82) is 0 Å². The van der Waals surface area contributed by atoms with Gasteiger partial charge in [-0.2, -0.15) is 0 Å². The van der Waals surface area contributed by atoms with Gasteiger partial charge in [0.15, 0.2) is 11.5 Å². The Morgan fingerprint density at radius 1 is 0.805 bits per heavy atom. The van der Waals surface area contributed by atoms with E-state index in [1.165, 1.54) is 6.42 Å². The molecule has 0 heterocycles. The Hall–Kier alpha value is -3.80. The lowest BCUT2D eigenvalue weighted by Crippen LogP contribution is -2.52. The molecule has 1 atom stereocenters. The zero-order valence-electron chi connectivity index (χ0n) is 24.5. The van der Waals surface area contributed by atoms with Gasteiger partial charge in [-0.15, -0.1) is 0 Å². The molecule has 1 N–H and O–H groups in total. The molecule has 1 saturated carbocycles. The van der Waals surface area contributed by atoms with Crippen molar-refractivity contribution in [3.05, 3.63) is 95.6 Å². The SMILES string of the molecule is CCOc1ccc(CCC(=O)N(Cc2ccccc2)[C@H](Cc2ccccc2)C(=O)NC2CCCCC2)cc1OCC. The highest BCUT2D eigenvalue weighted by atomic mass is 16.5. The van der Waals surface area contributed by atoms with Crippen molar-refractivity contribution in [1.82, 2.24) is 10.2 Å². The summed E-state index contributed by atoms with van der Waals surface area (Å²) >= 11 is 0. The van der Waals surface area contributed by atoms with Crippen LogP contribution in [0.3, 0.4) is 0 Å². The van der Waals surface area contributed by atoms with Crippen LogP contribution < -0.4 is 14.8 Å². The third-order valence-electron chi connectivity index (χ3n) is 7.65. The smallest absolute Gasteiger partial charge is 0.243 e. The molecule has 3 aromatic carbocycles. The number of amides is 2. The van der Waals surface area contributed by atoms with Crippen LogP contribution in [0.5, 0.6) is 11.5 Å². The molecule has 218 valence electrons. The number of nitrogens with zero attached hydrogens (tertiary/aromatic N) is 1. The molecule has 0 radical (unpaired) electrons. The second-order valence-corrected chi connectivity index (χ2v) is 10.7. The summed E-state index contributed by atoms with van der Waals surface area (Å²) in [5.41, 5.74) is 3.04. The second-order valence-electron chi connectivity index (χ2n) is 10.7. The van der Waals surface area contributed by atoms with Crippen molar-refractivity contribution in [2.24, 2.45) is 0 Å². The minimum atomic E-state index is -0.605. The van der Waals surface area contributed by atoms with Gasteiger partial charge in [-0.1, -0.05) is 86.0 Å². The van der Waals surface area contributed by atoms with Gasteiger partial charge >= 0.3 is 0 Å². The topological polar surface area (TPSA) is 67.9 Å². The zero-order chi connectivity index (χ0) is 28.9. The summed E-state index contributed by atoms with van der Waals surface area (Å²) in [5, 5.41) is 3.31. The molecule has 6 nitrogen and oxygen atoms in total. The Labute approximate surface area is 245 Å². The molecule has 4 rings (SSSR count). The van der Waals surface area contributed by atoms with E-state index in [1.807, 2.05) is 92.7 Å². The molecule has 0 aliphatic heterocycles. The van der Waals surface area contributed by atoms with Crippen molar-refractivity contribution in [2.45, 2.75) is 83.8 Å². The summed E-state index contributed by atoms with van der Waals surface area (Å²) in [4.78, 5) is 29.7. The predicted octanol–water partition coefficient (Wildman–Crippen LogP) is 6.51. The molecular formula is C35H44N2O4. The number of rotatable bonds is 14. The maximum atomic E-state index is 14.0. The Kier molecular flexibility index (Phi) is 11.7. The van der Waals surface area contributed by atoms with Gasteiger partial charge in [0.05, 0.1) is 13.2 Å². The number of hydrogen-bond donors (Lipinski definition) is 1. The molecule has 0 spiro atoms. The molecule has 41 heavy (non-hydrogen) atoms. The molecule has 0 bridgehead atoms. The van der Waals surface area contributed by atoms with E-state index in [2.05, 4.69) is 5.32 Å². The second kappa shape index (κ2) is 15.8. The fourth-order valence-corrected chi connectivity index (χ4v) is 5.52. The van der Waals surface area contributed by atoms with Crippen LogP contribution in [0, 0.1) is 0 Å². The van der Waals surface area contributed by atoms with Gasteiger partial charge in [-0.3, -0.25) is 9.59 Å². The molecular weight excluding hydrogens is 512 g/mol. The molecule has 6 heteroatoms. The fourth-order valence-electron chi connectivity index (χ4n) is 5.52. The van der Waals surface area contributed by atoms with Crippen molar-refractivity contribution in [2.75, 3.05) is 13.2 Å². The quantitative estimate of drug-likeness (QED) is 0.246. The van der Waals surface area contributed by atoms with Crippen LogP contribution in [0.1, 0.15) is 69.1 Å². The summed E-state index contributed by atoms with van der Waals surface area (Å²) in [5.74, 6) is 1.29. The van der Waals surface area contributed by atoms with Crippen LogP contribution >= 0.6 is 0 Å². The maximum Gasteiger partial charge on any atom is 0.243 e. The largest absolute Gasteiger partial charge is 0.490 e. The number of carbonyl (C=O) groups excluding carboxylic acids is 2. The van der Waals surface area contributed by atoms with Gasteiger partial charge < -0.3 is 19.7 Å². The Morgan fingerprint density at radius 2 is 1.44 bits per heavy atom. The first-order chi connectivity index (χ1) is 20.1. The maximum absolute atomic E-state index is 14.0. The van der Waals surface area contributed by atoms with Gasteiger partial charge in [0.25, 0.3) is 0 Å². The van der Waals surface area contributed by atoms with E-state index in [-0.39, 0.29) is 24.3 Å². The first kappa shape index (κ1) is 30.2. The lowest BCUT2D eigenvalue weighted by molar-refractivity contribution is -0.141. The molecule has 1 aliphatic carbocycles. The number of hydrogen-bond acceptors (Lipinski definition) is 4. The van der Waals surface area contributed by atoms with Gasteiger partial charge in [-0.05, 0) is 61.9 Å². The zero-order valence-corrected chi connectivity index (χ0v) is 24.5. The molecule has 2 amide bonds. The van der Waals surface area contributed by atoms with E-state index in [0.29, 0.717) is 44.1 Å². The first-order valence-corrected chi connectivity index (χ1v) is 15.1.